The number of likely N-dealkylation sites (tertiary alicyclic amines) is 2. The van der Waals surface area contributed by atoms with Crippen molar-refractivity contribution in [2.45, 2.75) is 267 Å². The Bertz CT molecular complexity index is 1230. The van der Waals surface area contributed by atoms with Gasteiger partial charge >= 0.3 is 0 Å². The van der Waals surface area contributed by atoms with Gasteiger partial charge in [0.15, 0.2) is 0 Å². The van der Waals surface area contributed by atoms with E-state index in [9.17, 15) is 0 Å². The molecule has 0 bridgehead atoms. The number of piperidine rings is 1. The van der Waals surface area contributed by atoms with Crippen LogP contribution in [0.3, 0.4) is 0 Å². The summed E-state index contributed by atoms with van der Waals surface area (Å²) in [5.74, 6) is 11.4. The van der Waals surface area contributed by atoms with Gasteiger partial charge in [-0.05, 0) is 181 Å². The van der Waals surface area contributed by atoms with Gasteiger partial charge in [-0.15, -0.1) is 0 Å². The first-order valence-electron chi connectivity index (χ1n) is 27.1. The molecule has 316 valence electrons. The molecular formula is C53H89N3. The van der Waals surface area contributed by atoms with Gasteiger partial charge in [0.1, 0.15) is 0 Å². The molecule has 3 nitrogen and oxygen atoms in total. The summed E-state index contributed by atoms with van der Waals surface area (Å²) in [6.07, 6.45) is 54.8. The lowest BCUT2D eigenvalue weighted by atomic mass is 9.62. The van der Waals surface area contributed by atoms with Gasteiger partial charge in [-0.3, -0.25) is 15.1 Å². The molecule has 0 radical (unpaired) electrons. The number of nitrogens with zero attached hydrogens (tertiary/aromatic N) is 2. The van der Waals surface area contributed by atoms with E-state index in [-0.39, 0.29) is 0 Å². The highest BCUT2D eigenvalue weighted by Crippen LogP contribution is 2.58. The maximum atomic E-state index is 4.63. The number of hydrogen-bond acceptors (Lipinski definition) is 3. The van der Waals surface area contributed by atoms with Crippen LogP contribution in [0.15, 0.2) is 0 Å². The Balaban J connectivity index is 0.799. The Hall–Kier alpha value is -0.120. The second-order valence-electron chi connectivity index (χ2n) is 23.8. The minimum absolute atomic E-state index is 0.692. The lowest BCUT2D eigenvalue weighted by Gasteiger charge is -2.51. The summed E-state index contributed by atoms with van der Waals surface area (Å²) in [6, 6.07) is 5.48. The minimum Gasteiger partial charge on any atom is -0.299 e. The number of hydrogen-bond donors (Lipinski definition) is 1. The second kappa shape index (κ2) is 17.3. The zero-order chi connectivity index (χ0) is 37.0. The number of rotatable bonds is 6. The molecule has 8 saturated carbocycles. The Kier molecular flexibility index (Phi) is 12.0. The third-order valence-electron chi connectivity index (χ3n) is 21.5. The third-order valence-corrected chi connectivity index (χ3v) is 21.5. The highest BCUT2D eigenvalue weighted by Gasteiger charge is 2.58. The molecule has 0 aromatic rings. The number of fused-ring (bicyclic) bond motifs is 6. The first-order chi connectivity index (χ1) is 27.8. The van der Waals surface area contributed by atoms with Crippen molar-refractivity contribution >= 4 is 0 Å². The lowest BCUT2D eigenvalue weighted by Crippen LogP contribution is -2.61. The molecule has 0 aromatic carbocycles. The molecule has 11 rings (SSSR count). The predicted octanol–water partition coefficient (Wildman–Crippen LogP) is 13.3. The van der Waals surface area contributed by atoms with Gasteiger partial charge in [0.05, 0.1) is 6.17 Å². The average Bonchev–Trinajstić information content (AvgIpc) is 3.79. The van der Waals surface area contributed by atoms with E-state index in [1.54, 1.807) is 116 Å². The molecule has 3 aliphatic heterocycles. The van der Waals surface area contributed by atoms with Crippen molar-refractivity contribution in [3.63, 3.8) is 0 Å². The van der Waals surface area contributed by atoms with Gasteiger partial charge in [-0.25, -0.2) is 0 Å². The molecule has 11 aliphatic rings. The average molecular weight is 768 g/mol. The Morgan fingerprint density at radius 3 is 1.45 bits per heavy atom. The fourth-order valence-electron chi connectivity index (χ4n) is 19.1. The first-order valence-corrected chi connectivity index (χ1v) is 27.1. The summed E-state index contributed by atoms with van der Waals surface area (Å²) in [5.41, 5.74) is 0. The van der Waals surface area contributed by atoms with Crippen molar-refractivity contribution in [3.8, 4) is 0 Å². The van der Waals surface area contributed by atoms with Crippen LogP contribution in [0.4, 0.5) is 0 Å². The van der Waals surface area contributed by atoms with Gasteiger partial charge in [0, 0.05) is 36.3 Å². The summed E-state index contributed by atoms with van der Waals surface area (Å²) < 4.78 is 0. The molecule has 3 saturated heterocycles. The molecule has 3 heteroatoms. The molecular weight excluding hydrogens is 679 g/mol. The molecule has 0 aromatic heterocycles. The molecule has 0 spiro atoms. The van der Waals surface area contributed by atoms with Gasteiger partial charge in [0.25, 0.3) is 0 Å². The summed E-state index contributed by atoms with van der Waals surface area (Å²) in [6.45, 7) is 0. The topological polar surface area (TPSA) is 18.5 Å². The Morgan fingerprint density at radius 1 is 0.268 bits per heavy atom. The highest BCUT2D eigenvalue weighted by molar-refractivity contribution is 5.10. The zero-order valence-electron chi connectivity index (χ0n) is 36.5. The normalized spacial score (nSPS) is 49.2. The maximum absolute atomic E-state index is 4.63. The van der Waals surface area contributed by atoms with Crippen LogP contribution < -0.4 is 5.32 Å². The minimum atomic E-state index is 0.692. The van der Waals surface area contributed by atoms with Crippen LogP contribution >= 0.6 is 0 Å². The van der Waals surface area contributed by atoms with Gasteiger partial charge in [0.2, 0.25) is 0 Å². The second-order valence-corrected chi connectivity index (χ2v) is 23.8. The van der Waals surface area contributed by atoms with Crippen molar-refractivity contribution in [1.29, 1.82) is 0 Å². The van der Waals surface area contributed by atoms with Crippen LogP contribution in [0, 0.1) is 65.1 Å². The largest absolute Gasteiger partial charge is 0.299 e. The van der Waals surface area contributed by atoms with Gasteiger partial charge in [-0.2, -0.15) is 0 Å². The van der Waals surface area contributed by atoms with Crippen molar-refractivity contribution in [3.05, 3.63) is 0 Å². The first kappa shape index (κ1) is 38.8. The van der Waals surface area contributed by atoms with E-state index in [1.807, 2.05) is 0 Å². The highest BCUT2D eigenvalue weighted by atomic mass is 15.3. The SMILES string of the molecule is C1CCC(C2CCC(N3C4CCCCC4C4CC(C5CCC6C7CCCCC7N(C7CC(C8CCCCC8)CC(C8CCCCC8)N7)C6C5)CCC43)CC2)CC1. The summed E-state index contributed by atoms with van der Waals surface area (Å²) in [7, 11) is 0. The molecule has 1 N–H and O–H groups in total. The monoisotopic (exact) mass is 768 g/mol. The summed E-state index contributed by atoms with van der Waals surface area (Å²) in [5, 5.41) is 4.63. The molecule has 8 aliphatic carbocycles. The molecule has 56 heavy (non-hydrogen) atoms. The summed E-state index contributed by atoms with van der Waals surface area (Å²) >= 11 is 0. The van der Waals surface area contributed by atoms with E-state index in [2.05, 4.69) is 15.1 Å². The lowest BCUT2D eigenvalue weighted by molar-refractivity contribution is -0.0146. The van der Waals surface area contributed by atoms with Gasteiger partial charge in [-0.1, -0.05) is 109 Å². The Morgan fingerprint density at radius 2 is 0.750 bits per heavy atom. The van der Waals surface area contributed by atoms with Crippen LogP contribution in [0.25, 0.3) is 0 Å². The maximum Gasteiger partial charge on any atom is 0.0607 e. The van der Waals surface area contributed by atoms with Crippen molar-refractivity contribution < 1.29 is 0 Å². The summed E-state index contributed by atoms with van der Waals surface area (Å²) in [4.78, 5) is 6.71. The molecule has 3 heterocycles. The van der Waals surface area contributed by atoms with E-state index in [4.69, 9.17) is 0 Å². The van der Waals surface area contributed by atoms with E-state index < -0.39 is 0 Å². The molecule has 11 fully saturated rings. The van der Waals surface area contributed by atoms with Crippen LogP contribution in [0.5, 0.6) is 0 Å². The van der Waals surface area contributed by atoms with E-state index in [1.165, 1.54) is 109 Å². The van der Waals surface area contributed by atoms with E-state index in [0.717, 1.165) is 101 Å². The van der Waals surface area contributed by atoms with Gasteiger partial charge < -0.3 is 0 Å². The standard InChI is InChI=1S/C53H89N3/c1-4-14-36(15-5-1)38-24-28-43(29-25-38)55-49-22-12-11-21-45(49)47-32-40(27-31-51(47)55)41-26-30-46-44-20-10-13-23-50(44)56(52(46)34-41)53-35-42(37-16-6-2-7-17-37)33-48(54-53)39-18-8-3-9-19-39/h36-54H,1-35H2. The van der Waals surface area contributed by atoms with Crippen molar-refractivity contribution in [2.24, 2.45) is 65.1 Å². The predicted molar refractivity (Wildman–Crippen MR) is 233 cm³/mol. The third kappa shape index (κ3) is 7.48. The number of nitrogens with one attached hydrogen (secondary N) is 1. The van der Waals surface area contributed by atoms with Crippen LogP contribution in [0.2, 0.25) is 0 Å². The van der Waals surface area contributed by atoms with Crippen LogP contribution in [-0.2, 0) is 0 Å². The van der Waals surface area contributed by atoms with Crippen molar-refractivity contribution in [1.82, 2.24) is 15.1 Å². The van der Waals surface area contributed by atoms with Crippen LogP contribution in [0.1, 0.15) is 225 Å². The van der Waals surface area contributed by atoms with Crippen molar-refractivity contribution in [2.75, 3.05) is 0 Å². The van der Waals surface area contributed by atoms with Crippen LogP contribution in [-0.4, -0.2) is 52.2 Å². The Labute approximate surface area is 346 Å². The zero-order valence-corrected chi connectivity index (χ0v) is 36.5. The van der Waals surface area contributed by atoms with E-state index >= 15 is 0 Å². The molecule has 13 unspecified atom stereocenters. The quantitative estimate of drug-likeness (QED) is 0.290. The molecule has 0 amide bonds. The molecule has 13 atom stereocenters. The van der Waals surface area contributed by atoms with E-state index in [0.29, 0.717) is 6.17 Å². The smallest absolute Gasteiger partial charge is 0.0607 e. The fourth-order valence-corrected chi connectivity index (χ4v) is 19.1. The fraction of sp³-hybridized carbons (Fsp3) is 1.00.